The van der Waals surface area contributed by atoms with E-state index in [0.717, 1.165) is 52.4 Å². The van der Waals surface area contributed by atoms with Crippen LogP contribution in [-0.2, 0) is 7.05 Å². The molecule has 1 aliphatic heterocycles. The van der Waals surface area contributed by atoms with E-state index in [1.807, 2.05) is 18.2 Å². The van der Waals surface area contributed by atoms with E-state index in [4.69, 9.17) is 9.72 Å². The van der Waals surface area contributed by atoms with E-state index >= 15 is 0 Å². The summed E-state index contributed by atoms with van der Waals surface area (Å²) in [6, 6.07) is 18.3. The van der Waals surface area contributed by atoms with Gasteiger partial charge in [0, 0.05) is 42.1 Å². The van der Waals surface area contributed by atoms with Crippen molar-refractivity contribution in [2.75, 3.05) is 18.0 Å². The summed E-state index contributed by atoms with van der Waals surface area (Å²) < 4.78 is 9.16. The second-order valence-electron chi connectivity index (χ2n) is 7.34. The smallest absolute Gasteiger partial charge is 0.211 e. The Kier molecular flexibility index (Phi) is 5.14. The Hall–Kier alpha value is -2.90. The summed E-state index contributed by atoms with van der Waals surface area (Å²) in [4.78, 5) is 11.3. The van der Waals surface area contributed by atoms with Gasteiger partial charge >= 0.3 is 0 Å². The molecule has 1 atom stereocenters. The minimum Gasteiger partial charge on any atom is -0.457 e. The lowest BCUT2D eigenvalue weighted by Gasteiger charge is -2.29. The molecule has 1 saturated heterocycles. The molecule has 1 aliphatic rings. The van der Waals surface area contributed by atoms with Crippen molar-refractivity contribution < 1.29 is 4.74 Å². The Balaban J connectivity index is 1.55. The fraction of sp³-hybridized carbons (Fsp3) is 0.217. The first kappa shape index (κ1) is 19.1. The third kappa shape index (κ3) is 3.66. The van der Waals surface area contributed by atoms with Gasteiger partial charge in [-0.15, -0.1) is 0 Å². The van der Waals surface area contributed by atoms with Gasteiger partial charge in [-0.05, 0) is 55.4 Å². The highest BCUT2D eigenvalue weighted by Gasteiger charge is 2.27. The number of aryl methyl sites for hydroxylation is 1. The number of ether oxygens (including phenoxy) is 1. The maximum absolute atomic E-state index is 5.94. The molecule has 6 nitrogen and oxygen atoms in total. The lowest BCUT2D eigenvalue weighted by atomic mass is 10.2. The van der Waals surface area contributed by atoms with Crippen molar-refractivity contribution in [1.82, 2.24) is 19.9 Å². The van der Waals surface area contributed by atoms with Gasteiger partial charge in [-0.3, -0.25) is 4.98 Å². The first-order valence-electron chi connectivity index (χ1n) is 9.91. The third-order valence-corrected chi connectivity index (χ3v) is 5.91. The summed E-state index contributed by atoms with van der Waals surface area (Å²) >= 11 is 3.54. The van der Waals surface area contributed by atoms with Crippen LogP contribution in [0.1, 0.15) is 6.42 Å². The number of nitrogens with zero attached hydrogens (tertiary/aromatic N) is 4. The van der Waals surface area contributed by atoms with Crippen molar-refractivity contribution >= 4 is 38.6 Å². The van der Waals surface area contributed by atoms with E-state index in [9.17, 15) is 0 Å². The number of anilines is 2. The minimum absolute atomic E-state index is 0.352. The molecule has 1 N–H and O–H groups in total. The number of hydrogen-bond acceptors (Lipinski definition) is 5. The molecule has 0 bridgehead atoms. The normalized spacial score (nSPS) is 16.1. The average Bonchev–Trinajstić information content (AvgIpc) is 3.40. The highest BCUT2D eigenvalue weighted by Crippen LogP contribution is 2.34. The Labute approximate surface area is 183 Å². The van der Waals surface area contributed by atoms with Crippen LogP contribution >= 0.6 is 15.9 Å². The fourth-order valence-corrected chi connectivity index (χ4v) is 4.16. The topological polar surface area (TPSA) is 55.2 Å². The quantitative estimate of drug-likeness (QED) is 0.460. The van der Waals surface area contributed by atoms with Crippen LogP contribution in [0.3, 0.4) is 0 Å². The molecule has 7 heteroatoms. The zero-order valence-corrected chi connectivity index (χ0v) is 18.1. The third-order valence-electron chi connectivity index (χ3n) is 5.38. The fourth-order valence-electron chi connectivity index (χ4n) is 3.90. The van der Waals surface area contributed by atoms with Crippen LogP contribution in [-0.4, -0.2) is 33.7 Å². The SMILES string of the molecule is Cn1c(N(c2ccc(Br)cc2)[C@@H]2CCNC2)nc2cc(Oc3c[c]ncc3)ccc21. The van der Waals surface area contributed by atoms with E-state index in [2.05, 4.69) is 79.3 Å². The molecule has 1 fully saturated rings. The van der Waals surface area contributed by atoms with Crippen LogP contribution in [0.5, 0.6) is 11.5 Å². The lowest BCUT2D eigenvalue weighted by molar-refractivity contribution is 0.482. The van der Waals surface area contributed by atoms with E-state index in [0.29, 0.717) is 11.8 Å². The van der Waals surface area contributed by atoms with Gasteiger partial charge in [-0.2, -0.15) is 0 Å². The molecule has 0 unspecified atom stereocenters. The number of nitrogens with one attached hydrogen (secondary N) is 1. The number of hydrogen-bond donors (Lipinski definition) is 1. The molecular weight excluding hydrogens is 442 g/mol. The molecule has 4 aromatic rings. The molecule has 0 amide bonds. The van der Waals surface area contributed by atoms with Crippen LogP contribution in [0.25, 0.3) is 11.0 Å². The van der Waals surface area contributed by atoms with Gasteiger partial charge in [0.1, 0.15) is 11.5 Å². The largest absolute Gasteiger partial charge is 0.457 e. The lowest BCUT2D eigenvalue weighted by Crippen LogP contribution is -2.34. The van der Waals surface area contributed by atoms with E-state index in [1.165, 1.54) is 0 Å². The molecule has 2 aromatic heterocycles. The summed E-state index contributed by atoms with van der Waals surface area (Å²) in [5.41, 5.74) is 3.09. The standard InChI is InChI=1S/C23H21BrN5O/c1-28-22-7-6-20(30-19-9-12-25-13-10-19)14-21(22)27-23(28)29(18-8-11-26-15-18)17-4-2-16(24)3-5-17/h2-7,9-10,12,14,18,26H,8,11,15H2,1H3/t18-/m1/s1. The first-order chi connectivity index (χ1) is 14.7. The monoisotopic (exact) mass is 462 g/mol. The van der Waals surface area contributed by atoms with Crippen molar-refractivity contribution in [3.63, 3.8) is 0 Å². The maximum atomic E-state index is 5.94. The van der Waals surface area contributed by atoms with Gasteiger partial charge in [-0.25, -0.2) is 4.98 Å². The number of fused-ring (bicyclic) bond motifs is 1. The maximum Gasteiger partial charge on any atom is 0.211 e. The van der Waals surface area contributed by atoms with Crippen molar-refractivity contribution in [3.8, 4) is 11.5 Å². The van der Waals surface area contributed by atoms with Crippen molar-refractivity contribution in [3.05, 3.63) is 71.5 Å². The molecule has 0 saturated carbocycles. The number of pyridine rings is 1. The summed E-state index contributed by atoms with van der Waals surface area (Å²) in [6.07, 6.45) is 5.53. The van der Waals surface area contributed by atoms with Gasteiger partial charge in [0.2, 0.25) is 5.95 Å². The second-order valence-corrected chi connectivity index (χ2v) is 8.25. The van der Waals surface area contributed by atoms with Gasteiger partial charge in [0.15, 0.2) is 0 Å². The van der Waals surface area contributed by atoms with Gasteiger partial charge in [0.25, 0.3) is 0 Å². The number of imidazole rings is 1. The van der Waals surface area contributed by atoms with E-state index in [1.54, 1.807) is 12.3 Å². The van der Waals surface area contributed by atoms with E-state index in [-0.39, 0.29) is 0 Å². The summed E-state index contributed by atoms with van der Waals surface area (Å²) in [7, 11) is 2.07. The van der Waals surface area contributed by atoms with Crippen LogP contribution < -0.4 is 15.0 Å². The van der Waals surface area contributed by atoms with Crippen LogP contribution in [0.2, 0.25) is 0 Å². The number of rotatable bonds is 5. The van der Waals surface area contributed by atoms with Gasteiger partial charge in [0.05, 0.1) is 23.3 Å². The zero-order chi connectivity index (χ0) is 20.5. The Bertz CT molecular complexity index is 1150. The summed E-state index contributed by atoms with van der Waals surface area (Å²) in [5, 5.41) is 3.48. The molecule has 3 heterocycles. The average molecular weight is 463 g/mol. The van der Waals surface area contributed by atoms with Crippen LogP contribution in [0.4, 0.5) is 11.6 Å². The summed E-state index contributed by atoms with van der Waals surface area (Å²) in [5.74, 6) is 2.37. The van der Waals surface area contributed by atoms with Gasteiger partial charge in [-0.1, -0.05) is 15.9 Å². The number of halogens is 1. The Morgan fingerprint density at radius 2 is 2.03 bits per heavy atom. The number of benzene rings is 2. The highest BCUT2D eigenvalue weighted by atomic mass is 79.9. The first-order valence-corrected chi connectivity index (χ1v) is 10.7. The van der Waals surface area contributed by atoms with Crippen molar-refractivity contribution in [2.24, 2.45) is 7.05 Å². The molecule has 30 heavy (non-hydrogen) atoms. The van der Waals surface area contributed by atoms with Crippen LogP contribution in [0.15, 0.2) is 65.3 Å². The predicted octanol–water partition coefficient (Wildman–Crippen LogP) is 4.82. The highest BCUT2D eigenvalue weighted by molar-refractivity contribution is 9.10. The second kappa shape index (κ2) is 8.08. The molecule has 0 spiro atoms. The minimum atomic E-state index is 0.352. The molecule has 1 radical (unpaired) electrons. The summed E-state index contributed by atoms with van der Waals surface area (Å²) in [6.45, 7) is 1.95. The zero-order valence-electron chi connectivity index (χ0n) is 16.5. The molecule has 2 aromatic carbocycles. The molecule has 151 valence electrons. The van der Waals surface area contributed by atoms with E-state index < -0.39 is 0 Å². The molecular formula is C23H21BrN5O. The number of aromatic nitrogens is 3. The van der Waals surface area contributed by atoms with Crippen LogP contribution in [0, 0.1) is 6.20 Å². The predicted molar refractivity (Wildman–Crippen MR) is 121 cm³/mol. The Morgan fingerprint density at radius 1 is 1.17 bits per heavy atom. The molecule has 5 rings (SSSR count). The van der Waals surface area contributed by atoms with Gasteiger partial charge < -0.3 is 19.5 Å². The molecule has 0 aliphatic carbocycles. The van der Waals surface area contributed by atoms with Crippen molar-refractivity contribution in [1.29, 1.82) is 0 Å². The Morgan fingerprint density at radius 3 is 2.77 bits per heavy atom. The van der Waals surface area contributed by atoms with Crippen molar-refractivity contribution in [2.45, 2.75) is 12.5 Å².